The van der Waals surface area contributed by atoms with Crippen molar-refractivity contribution in [1.82, 2.24) is 5.32 Å². The molecule has 4 heteroatoms. The van der Waals surface area contributed by atoms with E-state index in [0.29, 0.717) is 12.1 Å². The topological polar surface area (TPSA) is 72.7 Å². The third-order valence-electron chi connectivity index (χ3n) is 4.70. The number of hydrogen-bond donors (Lipinski definition) is 4. The zero-order valence-corrected chi connectivity index (χ0v) is 15.8. The maximum Gasteiger partial charge on any atom is 0.121 e. The van der Waals surface area contributed by atoms with Crippen molar-refractivity contribution in [3.05, 3.63) is 29.3 Å². The van der Waals surface area contributed by atoms with Gasteiger partial charge in [-0.05, 0) is 30.7 Å². The SMILES string of the molecule is CCCCCCCCCCCCNC[C@H](O)c1ccc(O)c(CO)c1. The Balaban J connectivity index is 2.00. The first kappa shape index (κ1) is 21.9. The minimum atomic E-state index is -0.617. The van der Waals surface area contributed by atoms with Gasteiger partial charge in [0.2, 0.25) is 0 Å². The van der Waals surface area contributed by atoms with Gasteiger partial charge in [-0.25, -0.2) is 0 Å². The van der Waals surface area contributed by atoms with Crippen molar-refractivity contribution < 1.29 is 15.3 Å². The summed E-state index contributed by atoms with van der Waals surface area (Å²) >= 11 is 0. The minimum absolute atomic E-state index is 0.0665. The fourth-order valence-electron chi connectivity index (χ4n) is 3.03. The Morgan fingerprint density at radius 2 is 1.52 bits per heavy atom. The van der Waals surface area contributed by atoms with Crippen LogP contribution in [0.15, 0.2) is 18.2 Å². The average Bonchev–Trinajstić information content (AvgIpc) is 2.62. The number of unbranched alkanes of at least 4 members (excludes halogenated alkanes) is 9. The second-order valence-corrected chi connectivity index (χ2v) is 6.95. The molecular weight excluding hydrogens is 314 g/mol. The smallest absolute Gasteiger partial charge is 0.121 e. The molecule has 0 unspecified atom stereocenters. The van der Waals surface area contributed by atoms with Crippen LogP contribution >= 0.6 is 0 Å². The average molecular weight is 352 g/mol. The molecule has 0 heterocycles. The molecule has 144 valence electrons. The summed E-state index contributed by atoms with van der Waals surface area (Å²) in [4.78, 5) is 0. The van der Waals surface area contributed by atoms with Crippen LogP contribution < -0.4 is 5.32 Å². The van der Waals surface area contributed by atoms with Crippen molar-refractivity contribution in [3.63, 3.8) is 0 Å². The first-order valence-electron chi connectivity index (χ1n) is 10.0. The minimum Gasteiger partial charge on any atom is -0.508 e. The molecule has 0 aliphatic rings. The van der Waals surface area contributed by atoms with E-state index in [1.165, 1.54) is 63.9 Å². The first-order valence-corrected chi connectivity index (χ1v) is 10.0. The molecule has 0 aliphatic carbocycles. The molecule has 0 aliphatic heterocycles. The van der Waals surface area contributed by atoms with Gasteiger partial charge in [-0.3, -0.25) is 0 Å². The summed E-state index contributed by atoms with van der Waals surface area (Å²) in [5, 5.41) is 32.2. The van der Waals surface area contributed by atoms with Gasteiger partial charge in [0, 0.05) is 12.1 Å². The van der Waals surface area contributed by atoms with Crippen LogP contribution in [0.3, 0.4) is 0 Å². The van der Waals surface area contributed by atoms with E-state index < -0.39 is 6.10 Å². The van der Waals surface area contributed by atoms with Crippen LogP contribution in [0.25, 0.3) is 0 Å². The third kappa shape index (κ3) is 9.83. The lowest BCUT2D eigenvalue weighted by Gasteiger charge is -2.14. The summed E-state index contributed by atoms with van der Waals surface area (Å²) in [5.41, 5.74) is 1.17. The van der Waals surface area contributed by atoms with Crippen LogP contribution in [0.2, 0.25) is 0 Å². The van der Waals surface area contributed by atoms with Gasteiger partial charge in [0.05, 0.1) is 12.7 Å². The second-order valence-electron chi connectivity index (χ2n) is 6.95. The molecule has 1 aromatic carbocycles. The van der Waals surface area contributed by atoms with Gasteiger partial charge in [-0.15, -0.1) is 0 Å². The van der Waals surface area contributed by atoms with Crippen molar-refractivity contribution in [2.45, 2.75) is 83.8 Å². The zero-order valence-electron chi connectivity index (χ0n) is 15.8. The summed E-state index contributed by atoms with van der Waals surface area (Å²) < 4.78 is 0. The molecule has 0 radical (unpaired) electrons. The van der Waals surface area contributed by atoms with E-state index in [1.54, 1.807) is 12.1 Å². The van der Waals surface area contributed by atoms with Crippen LogP contribution in [0, 0.1) is 0 Å². The molecule has 4 nitrogen and oxygen atoms in total. The van der Waals surface area contributed by atoms with E-state index in [0.717, 1.165) is 18.5 Å². The van der Waals surface area contributed by atoms with Crippen molar-refractivity contribution in [2.75, 3.05) is 13.1 Å². The summed E-state index contributed by atoms with van der Waals surface area (Å²) in [6.07, 6.45) is 12.6. The van der Waals surface area contributed by atoms with Crippen LogP contribution in [-0.2, 0) is 6.61 Å². The highest BCUT2D eigenvalue weighted by atomic mass is 16.3. The molecule has 0 fully saturated rings. The monoisotopic (exact) mass is 351 g/mol. The quantitative estimate of drug-likeness (QED) is 0.353. The summed E-state index contributed by atoms with van der Waals surface area (Å²) in [7, 11) is 0. The molecule has 0 bridgehead atoms. The molecule has 0 amide bonds. The number of aromatic hydroxyl groups is 1. The van der Waals surface area contributed by atoms with E-state index in [-0.39, 0.29) is 12.4 Å². The van der Waals surface area contributed by atoms with Crippen LogP contribution in [0.1, 0.15) is 88.4 Å². The summed E-state index contributed by atoms with van der Waals surface area (Å²) in [5.74, 6) is 0.0665. The highest BCUT2D eigenvalue weighted by molar-refractivity contribution is 5.36. The second kappa shape index (κ2) is 14.1. The van der Waals surface area contributed by atoms with Gasteiger partial charge in [0.1, 0.15) is 5.75 Å². The van der Waals surface area contributed by atoms with E-state index >= 15 is 0 Å². The Kier molecular flexibility index (Phi) is 12.4. The Hall–Kier alpha value is -1.10. The van der Waals surface area contributed by atoms with E-state index in [1.807, 2.05) is 0 Å². The fourth-order valence-corrected chi connectivity index (χ4v) is 3.03. The van der Waals surface area contributed by atoms with Gasteiger partial charge in [0.25, 0.3) is 0 Å². The number of rotatable bonds is 15. The maximum atomic E-state index is 10.2. The Bertz CT molecular complexity index is 451. The number of hydrogen-bond acceptors (Lipinski definition) is 4. The van der Waals surface area contributed by atoms with Crippen LogP contribution in [-0.4, -0.2) is 28.4 Å². The predicted molar refractivity (Wildman–Crippen MR) is 104 cm³/mol. The molecule has 25 heavy (non-hydrogen) atoms. The van der Waals surface area contributed by atoms with Gasteiger partial charge >= 0.3 is 0 Å². The largest absolute Gasteiger partial charge is 0.508 e. The lowest BCUT2D eigenvalue weighted by molar-refractivity contribution is 0.174. The maximum absolute atomic E-state index is 10.2. The summed E-state index contributed by atoms with van der Waals surface area (Å²) in [6.45, 7) is 3.44. The highest BCUT2D eigenvalue weighted by Crippen LogP contribution is 2.22. The van der Waals surface area contributed by atoms with E-state index in [2.05, 4.69) is 12.2 Å². The fraction of sp³-hybridized carbons (Fsp3) is 0.714. The molecule has 1 atom stereocenters. The van der Waals surface area contributed by atoms with E-state index in [9.17, 15) is 10.2 Å². The Morgan fingerprint density at radius 3 is 2.12 bits per heavy atom. The van der Waals surface area contributed by atoms with Crippen molar-refractivity contribution >= 4 is 0 Å². The lowest BCUT2D eigenvalue weighted by atomic mass is 10.0. The number of nitrogens with one attached hydrogen (secondary N) is 1. The molecule has 1 rings (SSSR count). The number of benzene rings is 1. The van der Waals surface area contributed by atoms with Crippen molar-refractivity contribution in [2.24, 2.45) is 0 Å². The zero-order chi connectivity index (χ0) is 18.3. The van der Waals surface area contributed by atoms with Crippen molar-refractivity contribution in [3.8, 4) is 5.75 Å². The summed E-state index contributed by atoms with van der Waals surface area (Å²) in [6, 6.07) is 4.87. The predicted octanol–water partition coefficient (Wildman–Crippen LogP) is 4.43. The normalized spacial score (nSPS) is 12.4. The molecular formula is C21H37NO3. The molecule has 1 aromatic rings. The van der Waals surface area contributed by atoms with Crippen LogP contribution in [0.4, 0.5) is 0 Å². The van der Waals surface area contributed by atoms with Gasteiger partial charge in [-0.1, -0.05) is 70.8 Å². The first-order chi connectivity index (χ1) is 12.2. The molecule has 0 spiro atoms. The van der Waals surface area contributed by atoms with E-state index in [4.69, 9.17) is 5.11 Å². The number of aliphatic hydroxyl groups excluding tert-OH is 2. The number of aliphatic hydroxyl groups is 2. The van der Waals surface area contributed by atoms with Crippen LogP contribution in [0.5, 0.6) is 5.75 Å². The molecule has 0 saturated heterocycles. The third-order valence-corrected chi connectivity index (χ3v) is 4.70. The molecule has 4 N–H and O–H groups in total. The molecule has 0 saturated carbocycles. The Morgan fingerprint density at radius 1 is 0.920 bits per heavy atom. The van der Waals surface area contributed by atoms with Gasteiger partial charge in [-0.2, -0.15) is 0 Å². The number of phenols is 1. The Labute approximate surface area is 153 Å². The molecule has 0 aromatic heterocycles. The van der Waals surface area contributed by atoms with Gasteiger partial charge in [0.15, 0.2) is 0 Å². The van der Waals surface area contributed by atoms with Crippen molar-refractivity contribution in [1.29, 1.82) is 0 Å². The lowest BCUT2D eigenvalue weighted by Crippen LogP contribution is -2.22. The standard InChI is InChI=1S/C21H37NO3/c1-2-3-4-5-6-7-8-9-10-11-14-22-16-21(25)18-12-13-20(24)19(15-18)17-23/h12-13,15,21-25H,2-11,14,16-17H2,1H3/t21-/m0/s1. The highest BCUT2D eigenvalue weighted by Gasteiger charge is 2.09. The van der Waals surface area contributed by atoms with Gasteiger partial charge < -0.3 is 20.6 Å².